The van der Waals surface area contributed by atoms with E-state index in [2.05, 4.69) is 36.5 Å². The van der Waals surface area contributed by atoms with Crippen molar-refractivity contribution in [1.82, 2.24) is 21.1 Å². The Balaban J connectivity index is 4.30. The SMILES string of the molecule is C=C(N/C(C)=C/N)N[C@@H](C)/C(C)=C/N(C)NC. The second-order valence-corrected chi connectivity index (χ2v) is 4.03. The van der Waals surface area contributed by atoms with Gasteiger partial charge in [0.15, 0.2) is 0 Å². The minimum atomic E-state index is 0.191. The molecule has 1 atom stereocenters. The molecule has 98 valence electrons. The third-order valence-electron chi connectivity index (χ3n) is 2.42. The summed E-state index contributed by atoms with van der Waals surface area (Å²) in [6.45, 7) is 9.91. The molecule has 0 saturated heterocycles. The van der Waals surface area contributed by atoms with Gasteiger partial charge in [-0.1, -0.05) is 6.58 Å². The van der Waals surface area contributed by atoms with Crippen LogP contribution >= 0.6 is 0 Å². The van der Waals surface area contributed by atoms with Crippen LogP contribution in [-0.2, 0) is 0 Å². The Kier molecular flexibility index (Phi) is 6.89. The Bertz CT molecular complexity index is 306. The van der Waals surface area contributed by atoms with Gasteiger partial charge in [0.05, 0.1) is 5.82 Å². The predicted octanol–water partition coefficient (Wildman–Crippen LogP) is 0.815. The van der Waals surface area contributed by atoms with Crippen LogP contribution in [0.5, 0.6) is 0 Å². The molecule has 0 bridgehead atoms. The van der Waals surface area contributed by atoms with Crippen LogP contribution < -0.4 is 21.8 Å². The number of nitrogens with one attached hydrogen (secondary N) is 3. The maximum Gasteiger partial charge on any atom is 0.0959 e. The van der Waals surface area contributed by atoms with Crippen LogP contribution in [-0.4, -0.2) is 25.1 Å². The molecule has 0 aliphatic heterocycles. The van der Waals surface area contributed by atoms with Crippen molar-refractivity contribution >= 4 is 0 Å². The van der Waals surface area contributed by atoms with Crippen LogP contribution in [0.3, 0.4) is 0 Å². The number of hydrogen-bond donors (Lipinski definition) is 4. The lowest BCUT2D eigenvalue weighted by Crippen LogP contribution is -2.34. The average molecular weight is 239 g/mol. The average Bonchev–Trinajstić information content (AvgIpc) is 2.28. The van der Waals surface area contributed by atoms with Gasteiger partial charge in [-0.2, -0.15) is 0 Å². The molecule has 0 radical (unpaired) electrons. The van der Waals surface area contributed by atoms with E-state index in [1.54, 1.807) is 0 Å². The van der Waals surface area contributed by atoms with Gasteiger partial charge in [0.2, 0.25) is 0 Å². The number of nitrogens with two attached hydrogens (primary N) is 1. The van der Waals surface area contributed by atoms with Crippen molar-refractivity contribution in [3.63, 3.8) is 0 Å². The zero-order chi connectivity index (χ0) is 13.4. The van der Waals surface area contributed by atoms with Crippen molar-refractivity contribution in [2.75, 3.05) is 14.1 Å². The number of hydrazine groups is 1. The molecule has 0 aromatic carbocycles. The molecule has 5 nitrogen and oxygen atoms in total. The summed E-state index contributed by atoms with van der Waals surface area (Å²) in [5.41, 5.74) is 10.4. The van der Waals surface area contributed by atoms with Crippen LogP contribution in [0, 0.1) is 0 Å². The third-order valence-corrected chi connectivity index (χ3v) is 2.42. The molecule has 0 rings (SSSR count). The van der Waals surface area contributed by atoms with Crippen molar-refractivity contribution in [3.05, 3.63) is 36.1 Å². The molecule has 0 aromatic rings. The number of nitrogens with zero attached hydrogens (tertiary/aromatic N) is 1. The highest BCUT2D eigenvalue weighted by molar-refractivity contribution is 5.11. The monoisotopic (exact) mass is 239 g/mol. The van der Waals surface area contributed by atoms with Crippen molar-refractivity contribution in [2.24, 2.45) is 5.73 Å². The molecule has 0 heterocycles. The Morgan fingerprint density at radius 1 is 1.41 bits per heavy atom. The first-order valence-electron chi connectivity index (χ1n) is 5.60. The van der Waals surface area contributed by atoms with Crippen LogP contribution in [0.4, 0.5) is 0 Å². The van der Waals surface area contributed by atoms with Gasteiger partial charge < -0.3 is 21.4 Å². The largest absolute Gasteiger partial charge is 0.403 e. The first kappa shape index (κ1) is 15.4. The van der Waals surface area contributed by atoms with E-state index >= 15 is 0 Å². The van der Waals surface area contributed by atoms with E-state index in [1.807, 2.05) is 32.2 Å². The van der Waals surface area contributed by atoms with E-state index in [-0.39, 0.29) is 6.04 Å². The zero-order valence-corrected chi connectivity index (χ0v) is 11.5. The molecule has 17 heavy (non-hydrogen) atoms. The zero-order valence-electron chi connectivity index (χ0n) is 11.5. The summed E-state index contributed by atoms with van der Waals surface area (Å²) in [7, 11) is 3.82. The molecule has 0 aromatic heterocycles. The first-order valence-corrected chi connectivity index (χ1v) is 5.60. The molecule has 5 heteroatoms. The van der Waals surface area contributed by atoms with Gasteiger partial charge in [-0.05, 0) is 26.3 Å². The van der Waals surface area contributed by atoms with Crippen LogP contribution in [0.1, 0.15) is 20.8 Å². The number of hydrogen-bond acceptors (Lipinski definition) is 5. The lowest BCUT2D eigenvalue weighted by Gasteiger charge is -2.21. The van der Waals surface area contributed by atoms with E-state index in [1.165, 1.54) is 11.8 Å². The highest BCUT2D eigenvalue weighted by Gasteiger charge is 2.05. The lowest BCUT2D eigenvalue weighted by molar-refractivity contribution is 0.359. The van der Waals surface area contributed by atoms with Gasteiger partial charge in [0.1, 0.15) is 0 Å². The Morgan fingerprint density at radius 2 is 2.00 bits per heavy atom. The molecule has 5 N–H and O–H groups in total. The molecule has 0 aliphatic carbocycles. The fourth-order valence-corrected chi connectivity index (χ4v) is 1.17. The Morgan fingerprint density at radius 3 is 2.47 bits per heavy atom. The van der Waals surface area contributed by atoms with Crippen LogP contribution in [0.2, 0.25) is 0 Å². The predicted molar refractivity (Wildman–Crippen MR) is 73.4 cm³/mol. The highest BCUT2D eigenvalue weighted by Crippen LogP contribution is 2.02. The van der Waals surface area contributed by atoms with Gasteiger partial charge in [-0.15, -0.1) is 0 Å². The third kappa shape index (κ3) is 6.52. The molecule has 0 unspecified atom stereocenters. The van der Waals surface area contributed by atoms with E-state index < -0.39 is 0 Å². The Hall–Kier alpha value is -1.62. The minimum absolute atomic E-state index is 0.191. The first-order chi connectivity index (χ1) is 7.90. The summed E-state index contributed by atoms with van der Waals surface area (Å²) < 4.78 is 0. The summed E-state index contributed by atoms with van der Waals surface area (Å²) in [4.78, 5) is 0. The van der Waals surface area contributed by atoms with E-state index in [4.69, 9.17) is 5.73 Å². The summed E-state index contributed by atoms with van der Waals surface area (Å²) in [5, 5.41) is 8.20. The summed E-state index contributed by atoms with van der Waals surface area (Å²) in [6, 6.07) is 0.191. The lowest BCUT2D eigenvalue weighted by atomic mass is 10.1. The Labute approximate surface area is 104 Å². The standard InChI is InChI=1S/C12H25N5/c1-9(8-17(6)14-5)11(3)16-12(4)15-10(2)7-13/h7-8,11,14-16H,4,13H2,1-3,5-6H3/b9-8+,10-7+/t11-/m0/s1. The number of allylic oxidation sites excluding steroid dienone is 1. The normalized spacial score (nSPS) is 14.2. The molecule has 0 fully saturated rings. The van der Waals surface area contributed by atoms with Crippen molar-refractivity contribution in [2.45, 2.75) is 26.8 Å². The summed E-state index contributed by atoms with van der Waals surface area (Å²) >= 11 is 0. The van der Waals surface area contributed by atoms with Crippen molar-refractivity contribution in [3.8, 4) is 0 Å². The maximum atomic E-state index is 5.38. The maximum absolute atomic E-state index is 5.38. The molecular formula is C12H25N5. The van der Waals surface area contributed by atoms with Crippen LogP contribution in [0.25, 0.3) is 0 Å². The smallest absolute Gasteiger partial charge is 0.0959 e. The second-order valence-electron chi connectivity index (χ2n) is 4.03. The highest BCUT2D eigenvalue weighted by atomic mass is 15.5. The minimum Gasteiger partial charge on any atom is -0.403 e. The van der Waals surface area contributed by atoms with E-state index in [9.17, 15) is 0 Å². The van der Waals surface area contributed by atoms with Crippen molar-refractivity contribution < 1.29 is 0 Å². The fourth-order valence-electron chi connectivity index (χ4n) is 1.17. The van der Waals surface area contributed by atoms with Gasteiger partial charge in [-0.3, -0.25) is 0 Å². The van der Waals surface area contributed by atoms with Crippen molar-refractivity contribution in [1.29, 1.82) is 0 Å². The van der Waals surface area contributed by atoms with E-state index in [0.717, 1.165) is 11.5 Å². The molecule has 0 amide bonds. The molecule has 0 spiro atoms. The van der Waals surface area contributed by atoms with Crippen LogP contribution in [0.15, 0.2) is 36.1 Å². The molecular weight excluding hydrogens is 214 g/mol. The molecule has 0 aliphatic rings. The number of rotatable bonds is 7. The summed E-state index contributed by atoms with van der Waals surface area (Å²) in [6.07, 6.45) is 3.53. The topological polar surface area (TPSA) is 65.3 Å². The molecule has 0 saturated carbocycles. The fraction of sp³-hybridized carbons (Fsp3) is 0.500. The summed E-state index contributed by atoms with van der Waals surface area (Å²) in [5.74, 6) is 0.733. The quantitative estimate of drug-likeness (QED) is 0.495. The van der Waals surface area contributed by atoms with E-state index in [0.29, 0.717) is 0 Å². The second kappa shape index (κ2) is 7.62. The van der Waals surface area contributed by atoms with Gasteiger partial charge in [0.25, 0.3) is 0 Å². The van der Waals surface area contributed by atoms with Gasteiger partial charge in [-0.25, -0.2) is 5.43 Å². The van der Waals surface area contributed by atoms with Gasteiger partial charge in [0, 0.05) is 38.2 Å². The van der Waals surface area contributed by atoms with Gasteiger partial charge >= 0.3 is 0 Å².